The number of hydrogen-bond donors (Lipinski definition) is 0. The van der Waals surface area contributed by atoms with Crippen molar-refractivity contribution in [2.75, 3.05) is 6.61 Å². The number of benzene rings is 1. The van der Waals surface area contributed by atoms with Gasteiger partial charge >= 0.3 is 0 Å². The molecule has 0 heterocycles. The van der Waals surface area contributed by atoms with E-state index in [4.69, 9.17) is 4.74 Å². The van der Waals surface area contributed by atoms with E-state index in [1.165, 1.54) is 95.5 Å². The Hall–Kier alpha value is -0.980. The molecule has 1 aromatic rings. The third kappa shape index (κ3) is 6.52. The zero-order valence-corrected chi connectivity index (χ0v) is 21.2. The summed E-state index contributed by atoms with van der Waals surface area (Å²) in [5.74, 6) is 3.60. The van der Waals surface area contributed by atoms with Gasteiger partial charge < -0.3 is 4.74 Å². The molecule has 3 rings (SSSR count). The fourth-order valence-corrected chi connectivity index (χ4v) is 6.86. The summed E-state index contributed by atoms with van der Waals surface area (Å²) in [6.07, 6.45) is 21.5. The Morgan fingerprint density at radius 1 is 0.935 bits per heavy atom. The quantitative estimate of drug-likeness (QED) is 0.320. The number of aryl methyl sites for hydroxylation is 1. The molecular weight excluding hydrogens is 376 g/mol. The number of unbranched alkanes of at least 4 members (excludes halogenated alkanes) is 3. The molecule has 0 bridgehead atoms. The monoisotopic (exact) mass is 426 g/mol. The van der Waals surface area contributed by atoms with Crippen LogP contribution in [0.1, 0.15) is 134 Å². The van der Waals surface area contributed by atoms with Crippen LogP contribution in [-0.4, -0.2) is 6.61 Å². The lowest BCUT2D eigenvalue weighted by Crippen LogP contribution is -2.37. The summed E-state index contributed by atoms with van der Waals surface area (Å²) in [6, 6.07) is 6.86. The fourth-order valence-electron chi connectivity index (χ4n) is 6.86. The van der Waals surface area contributed by atoms with Crippen molar-refractivity contribution >= 4 is 0 Å². The molecule has 176 valence electrons. The van der Waals surface area contributed by atoms with Gasteiger partial charge in [0.2, 0.25) is 0 Å². The predicted molar refractivity (Wildman–Crippen MR) is 135 cm³/mol. The topological polar surface area (TPSA) is 9.23 Å². The maximum absolute atomic E-state index is 5.95. The van der Waals surface area contributed by atoms with E-state index in [0.717, 1.165) is 30.6 Å². The fraction of sp³-hybridized carbons (Fsp3) is 0.800. The minimum atomic E-state index is 0.671. The molecule has 2 aliphatic carbocycles. The summed E-state index contributed by atoms with van der Waals surface area (Å²) >= 11 is 0. The SMILES string of the molecule is CCCCCC1(C2CCCCC2)CCC(C(C)c2ccc(OCCCC)cc2C)CC1. The second kappa shape index (κ2) is 12.3. The van der Waals surface area contributed by atoms with E-state index in [2.05, 4.69) is 45.9 Å². The van der Waals surface area contributed by atoms with Gasteiger partial charge in [-0.15, -0.1) is 0 Å². The minimum Gasteiger partial charge on any atom is -0.494 e. The van der Waals surface area contributed by atoms with Gasteiger partial charge in [-0.3, -0.25) is 0 Å². The Kier molecular flexibility index (Phi) is 9.79. The molecule has 31 heavy (non-hydrogen) atoms. The van der Waals surface area contributed by atoms with Crippen molar-refractivity contribution in [2.24, 2.45) is 17.3 Å². The first-order chi connectivity index (χ1) is 15.1. The number of rotatable bonds is 11. The van der Waals surface area contributed by atoms with Gasteiger partial charge in [-0.2, -0.15) is 0 Å². The molecule has 0 aliphatic heterocycles. The van der Waals surface area contributed by atoms with Crippen LogP contribution in [0.15, 0.2) is 18.2 Å². The molecule has 0 spiro atoms. The van der Waals surface area contributed by atoms with Gasteiger partial charge in [-0.05, 0) is 105 Å². The zero-order chi connectivity index (χ0) is 22.1. The molecule has 1 atom stereocenters. The van der Waals surface area contributed by atoms with Gasteiger partial charge in [0.05, 0.1) is 6.61 Å². The molecule has 0 N–H and O–H groups in total. The molecule has 0 aromatic heterocycles. The molecule has 0 saturated heterocycles. The van der Waals surface area contributed by atoms with E-state index in [0.29, 0.717) is 11.3 Å². The Labute approximate surface area is 193 Å². The van der Waals surface area contributed by atoms with Crippen LogP contribution >= 0.6 is 0 Å². The molecule has 2 saturated carbocycles. The summed E-state index contributed by atoms with van der Waals surface area (Å²) in [5, 5.41) is 0. The number of ether oxygens (including phenoxy) is 1. The third-order valence-electron chi connectivity index (χ3n) is 8.98. The molecule has 2 fully saturated rings. The summed E-state index contributed by atoms with van der Waals surface area (Å²) < 4.78 is 5.95. The second-order valence-corrected chi connectivity index (χ2v) is 11.0. The van der Waals surface area contributed by atoms with Crippen LogP contribution < -0.4 is 4.74 Å². The van der Waals surface area contributed by atoms with Crippen molar-refractivity contribution in [1.29, 1.82) is 0 Å². The van der Waals surface area contributed by atoms with Crippen molar-refractivity contribution in [1.82, 2.24) is 0 Å². The molecule has 2 aliphatic rings. The van der Waals surface area contributed by atoms with Crippen LogP contribution in [0.5, 0.6) is 5.75 Å². The number of hydrogen-bond acceptors (Lipinski definition) is 1. The van der Waals surface area contributed by atoms with Gasteiger partial charge in [-0.25, -0.2) is 0 Å². The molecular formula is C30H50O. The lowest BCUT2D eigenvalue weighted by atomic mass is 9.57. The highest BCUT2D eigenvalue weighted by Gasteiger charge is 2.42. The van der Waals surface area contributed by atoms with Crippen molar-refractivity contribution in [3.05, 3.63) is 29.3 Å². The van der Waals surface area contributed by atoms with Crippen LogP contribution in [0.2, 0.25) is 0 Å². The first kappa shape index (κ1) is 24.7. The summed E-state index contributed by atoms with van der Waals surface area (Å²) in [7, 11) is 0. The van der Waals surface area contributed by atoms with E-state index >= 15 is 0 Å². The average molecular weight is 427 g/mol. The summed E-state index contributed by atoms with van der Waals surface area (Å²) in [5.41, 5.74) is 3.66. The van der Waals surface area contributed by atoms with Crippen LogP contribution in [0.4, 0.5) is 0 Å². The largest absolute Gasteiger partial charge is 0.494 e. The normalized spacial score (nSPS) is 26.0. The highest BCUT2D eigenvalue weighted by Crippen LogP contribution is 2.54. The van der Waals surface area contributed by atoms with E-state index in [1.807, 2.05) is 0 Å². The van der Waals surface area contributed by atoms with Crippen molar-refractivity contribution in [3.8, 4) is 5.75 Å². The third-order valence-corrected chi connectivity index (χ3v) is 8.98. The highest BCUT2D eigenvalue weighted by molar-refractivity contribution is 5.37. The maximum Gasteiger partial charge on any atom is 0.119 e. The predicted octanol–water partition coefficient (Wildman–Crippen LogP) is 9.61. The molecule has 1 unspecified atom stereocenters. The standard InChI is InChI=1S/C30H50O/c1-5-7-12-19-30(27-13-10-9-11-14-27)20-17-26(18-21-30)25(4)29-16-15-28(23-24(29)3)31-22-8-6-2/h15-16,23,25-27H,5-14,17-22H2,1-4H3. The maximum atomic E-state index is 5.95. The van der Waals surface area contributed by atoms with Crippen LogP contribution in [0.25, 0.3) is 0 Å². The smallest absolute Gasteiger partial charge is 0.119 e. The van der Waals surface area contributed by atoms with E-state index in [-0.39, 0.29) is 0 Å². The van der Waals surface area contributed by atoms with Gasteiger partial charge in [0, 0.05) is 0 Å². The molecule has 0 amide bonds. The zero-order valence-electron chi connectivity index (χ0n) is 21.2. The van der Waals surface area contributed by atoms with Crippen LogP contribution in [0.3, 0.4) is 0 Å². The second-order valence-electron chi connectivity index (χ2n) is 11.0. The minimum absolute atomic E-state index is 0.671. The average Bonchev–Trinajstić information content (AvgIpc) is 2.80. The van der Waals surface area contributed by atoms with Crippen molar-refractivity contribution in [2.45, 2.75) is 130 Å². The van der Waals surface area contributed by atoms with E-state index < -0.39 is 0 Å². The lowest BCUT2D eigenvalue weighted by Gasteiger charge is -2.48. The molecule has 1 heteroatoms. The Balaban J connectivity index is 1.62. The van der Waals surface area contributed by atoms with Crippen molar-refractivity contribution < 1.29 is 4.74 Å². The lowest BCUT2D eigenvalue weighted by molar-refractivity contribution is 0.0330. The molecule has 0 radical (unpaired) electrons. The van der Waals surface area contributed by atoms with Crippen LogP contribution in [-0.2, 0) is 0 Å². The summed E-state index contributed by atoms with van der Waals surface area (Å²) in [4.78, 5) is 0. The van der Waals surface area contributed by atoms with Gasteiger partial charge in [-0.1, -0.05) is 71.8 Å². The Morgan fingerprint density at radius 2 is 1.65 bits per heavy atom. The van der Waals surface area contributed by atoms with Crippen molar-refractivity contribution in [3.63, 3.8) is 0 Å². The van der Waals surface area contributed by atoms with Crippen LogP contribution in [0, 0.1) is 24.2 Å². The van der Waals surface area contributed by atoms with E-state index in [1.54, 1.807) is 5.56 Å². The first-order valence-electron chi connectivity index (χ1n) is 13.8. The van der Waals surface area contributed by atoms with Gasteiger partial charge in [0.15, 0.2) is 0 Å². The van der Waals surface area contributed by atoms with Gasteiger partial charge in [0.1, 0.15) is 5.75 Å². The Morgan fingerprint density at radius 3 is 2.29 bits per heavy atom. The Bertz CT molecular complexity index is 634. The first-order valence-corrected chi connectivity index (χ1v) is 13.8. The van der Waals surface area contributed by atoms with Gasteiger partial charge in [0.25, 0.3) is 0 Å². The molecule has 1 aromatic carbocycles. The van der Waals surface area contributed by atoms with E-state index in [9.17, 15) is 0 Å². The summed E-state index contributed by atoms with van der Waals surface area (Å²) in [6.45, 7) is 10.2. The molecule has 1 nitrogen and oxygen atoms in total. The highest BCUT2D eigenvalue weighted by atomic mass is 16.5.